The maximum atomic E-state index is 4.37. The molecule has 0 radical (unpaired) electrons. The van der Waals surface area contributed by atoms with E-state index >= 15 is 0 Å². The molecule has 1 aliphatic rings. The van der Waals surface area contributed by atoms with Crippen molar-refractivity contribution < 1.29 is 0 Å². The Labute approximate surface area is 111 Å². The molecule has 1 fully saturated rings. The third-order valence-corrected chi connectivity index (χ3v) is 4.12. The third-order valence-electron chi connectivity index (χ3n) is 4.12. The average Bonchev–Trinajstić information content (AvgIpc) is 2.85. The highest BCUT2D eigenvalue weighted by molar-refractivity contribution is 5.03. The fourth-order valence-electron chi connectivity index (χ4n) is 2.93. The number of nitrogens with zero attached hydrogens (tertiary/aromatic N) is 2. The molecule has 0 aromatic carbocycles. The quantitative estimate of drug-likeness (QED) is 0.838. The minimum Gasteiger partial charge on any atom is -0.310 e. The summed E-state index contributed by atoms with van der Waals surface area (Å²) in [5.41, 5.74) is 1.31. The van der Waals surface area contributed by atoms with Gasteiger partial charge in [-0.3, -0.25) is 4.68 Å². The molecule has 18 heavy (non-hydrogen) atoms. The zero-order chi connectivity index (χ0) is 12.8. The van der Waals surface area contributed by atoms with Gasteiger partial charge in [-0.25, -0.2) is 0 Å². The lowest BCUT2D eigenvalue weighted by Crippen LogP contribution is -2.34. The number of aryl methyl sites for hydroxylation is 1. The standard InChI is InChI=1S/C15H27N3/c1-3-9-18-12-14(11-17-18)10-16-13(2)15-7-5-4-6-8-15/h11-13,15-16H,3-10H2,1-2H3. The Morgan fingerprint density at radius 1 is 1.39 bits per heavy atom. The van der Waals surface area contributed by atoms with Crippen molar-refractivity contribution in [1.29, 1.82) is 0 Å². The van der Waals surface area contributed by atoms with Crippen molar-refractivity contribution in [3.8, 4) is 0 Å². The van der Waals surface area contributed by atoms with Crippen LogP contribution in [-0.4, -0.2) is 15.8 Å². The van der Waals surface area contributed by atoms with Gasteiger partial charge in [-0.1, -0.05) is 26.2 Å². The molecule has 3 heteroatoms. The number of aromatic nitrogens is 2. The van der Waals surface area contributed by atoms with Crippen LogP contribution in [0.15, 0.2) is 12.4 Å². The van der Waals surface area contributed by atoms with Crippen molar-refractivity contribution in [3.63, 3.8) is 0 Å². The fourth-order valence-corrected chi connectivity index (χ4v) is 2.93. The minimum atomic E-state index is 0.639. The Balaban J connectivity index is 1.75. The molecule has 2 rings (SSSR count). The second-order valence-corrected chi connectivity index (χ2v) is 5.68. The predicted molar refractivity (Wildman–Crippen MR) is 75.4 cm³/mol. The first-order valence-electron chi connectivity index (χ1n) is 7.54. The van der Waals surface area contributed by atoms with Gasteiger partial charge < -0.3 is 5.32 Å². The highest BCUT2D eigenvalue weighted by Crippen LogP contribution is 2.26. The average molecular weight is 249 g/mol. The van der Waals surface area contributed by atoms with Crippen LogP contribution < -0.4 is 5.32 Å². The highest BCUT2D eigenvalue weighted by Gasteiger charge is 2.19. The zero-order valence-electron chi connectivity index (χ0n) is 11.9. The van der Waals surface area contributed by atoms with Crippen LogP contribution in [0.2, 0.25) is 0 Å². The highest BCUT2D eigenvalue weighted by atomic mass is 15.3. The molecule has 3 nitrogen and oxygen atoms in total. The number of nitrogens with one attached hydrogen (secondary N) is 1. The van der Waals surface area contributed by atoms with E-state index in [-0.39, 0.29) is 0 Å². The SMILES string of the molecule is CCCn1cc(CNC(C)C2CCCCC2)cn1. The Kier molecular flexibility index (Phi) is 5.24. The lowest BCUT2D eigenvalue weighted by molar-refractivity contribution is 0.280. The molecule has 1 heterocycles. The van der Waals surface area contributed by atoms with E-state index in [1.54, 1.807) is 0 Å². The van der Waals surface area contributed by atoms with E-state index < -0.39 is 0 Å². The van der Waals surface area contributed by atoms with Gasteiger partial charge in [0.05, 0.1) is 6.20 Å². The summed E-state index contributed by atoms with van der Waals surface area (Å²) in [5.74, 6) is 0.879. The van der Waals surface area contributed by atoms with Gasteiger partial charge in [-0.15, -0.1) is 0 Å². The summed E-state index contributed by atoms with van der Waals surface area (Å²) in [4.78, 5) is 0. The van der Waals surface area contributed by atoms with Crippen LogP contribution in [0.5, 0.6) is 0 Å². The summed E-state index contributed by atoms with van der Waals surface area (Å²) in [6.07, 6.45) is 12.4. The summed E-state index contributed by atoms with van der Waals surface area (Å²) in [6.45, 7) is 6.51. The Bertz CT molecular complexity index is 339. The third kappa shape index (κ3) is 3.84. The topological polar surface area (TPSA) is 29.9 Å². The van der Waals surface area contributed by atoms with Gasteiger partial charge in [0.2, 0.25) is 0 Å². The minimum absolute atomic E-state index is 0.639. The van der Waals surface area contributed by atoms with E-state index in [9.17, 15) is 0 Å². The summed E-state index contributed by atoms with van der Waals surface area (Å²) in [7, 11) is 0. The van der Waals surface area contributed by atoms with Crippen molar-refractivity contribution >= 4 is 0 Å². The maximum Gasteiger partial charge on any atom is 0.0534 e. The zero-order valence-corrected chi connectivity index (χ0v) is 11.9. The maximum absolute atomic E-state index is 4.37. The second-order valence-electron chi connectivity index (χ2n) is 5.68. The molecule has 1 unspecified atom stereocenters. The molecule has 0 spiro atoms. The van der Waals surface area contributed by atoms with E-state index in [2.05, 4.69) is 30.5 Å². The summed E-state index contributed by atoms with van der Waals surface area (Å²) in [5, 5.41) is 8.04. The predicted octanol–water partition coefficient (Wildman–Crippen LogP) is 3.35. The molecule has 1 aliphatic carbocycles. The summed E-state index contributed by atoms with van der Waals surface area (Å²) < 4.78 is 2.04. The molecule has 1 aromatic heterocycles. The fraction of sp³-hybridized carbons (Fsp3) is 0.800. The second kappa shape index (κ2) is 6.93. The smallest absolute Gasteiger partial charge is 0.0534 e. The number of rotatable bonds is 6. The first-order valence-corrected chi connectivity index (χ1v) is 7.54. The van der Waals surface area contributed by atoms with Crippen LogP contribution in [0, 0.1) is 5.92 Å². The molecule has 0 bridgehead atoms. The van der Waals surface area contributed by atoms with Gasteiger partial charge in [0.25, 0.3) is 0 Å². The Morgan fingerprint density at radius 2 is 2.17 bits per heavy atom. The van der Waals surface area contributed by atoms with Crippen molar-refractivity contribution in [2.75, 3.05) is 0 Å². The van der Waals surface area contributed by atoms with Crippen LogP contribution >= 0.6 is 0 Å². The van der Waals surface area contributed by atoms with Crippen LogP contribution in [0.4, 0.5) is 0 Å². The molecular weight excluding hydrogens is 222 g/mol. The van der Waals surface area contributed by atoms with Crippen molar-refractivity contribution in [2.45, 2.75) is 71.5 Å². The van der Waals surface area contributed by atoms with Gasteiger partial charge in [-0.2, -0.15) is 5.10 Å². The van der Waals surface area contributed by atoms with Gasteiger partial charge >= 0.3 is 0 Å². The Morgan fingerprint density at radius 3 is 2.89 bits per heavy atom. The molecule has 102 valence electrons. The van der Waals surface area contributed by atoms with Gasteiger partial charge in [0.1, 0.15) is 0 Å². The van der Waals surface area contributed by atoms with Crippen LogP contribution in [0.1, 0.15) is 57.9 Å². The lowest BCUT2D eigenvalue weighted by Gasteiger charge is -2.28. The van der Waals surface area contributed by atoms with E-state index in [4.69, 9.17) is 0 Å². The molecule has 1 atom stereocenters. The lowest BCUT2D eigenvalue weighted by atomic mass is 9.84. The molecule has 0 amide bonds. The Hall–Kier alpha value is -0.830. The van der Waals surface area contributed by atoms with Crippen LogP contribution in [0.25, 0.3) is 0 Å². The molecule has 1 N–H and O–H groups in total. The summed E-state index contributed by atoms with van der Waals surface area (Å²) in [6, 6.07) is 0.639. The van der Waals surface area contributed by atoms with Gasteiger partial charge in [-0.05, 0) is 32.1 Å². The van der Waals surface area contributed by atoms with Gasteiger partial charge in [0, 0.05) is 30.9 Å². The number of hydrogen-bond donors (Lipinski definition) is 1. The van der Waals surface area contributed by atoms with E-state index in [0.717, 1.165) is 25.4 Å². The van der Waals surface area contributed by atoms with Gasteiger partial charge in [0.15, 0.2) is 0 Å². The monoisotopic (exact) mass is 249 g/mol. The first kappa shape index (κ1) is 13.6. The van der Waals surface area contributed by atoms with E-state index in [0.29, 0.717) is 6.04 Å². The van der Waals surface area contributed by atoms with Crippen LogP contribution in [0.3, 0.4) is 0 Å². The van der Waals surface area contributed by atoms with Crippen molar-refractivity contribution in [2.24, 2.45) is 5.92 Å². The summed E-state index contributed by atoms with van der Waals surface area (Å²) >= 11 is 0. The normalized spacial score (nSPS) is 19.0. The largest absolute Gasteiger partial charge is 0.310 e. The molecule has 1 saturated carbocycles. The van der Waals surface area contributed by atoms with Crippen LogP contribution in [-0.2, 0) is 13.1 Å². The first-order chi connectivity index (χ1) is 8.79. The molecule has 0 aliphatic heterocycles. The van der Waals surface area contributed by atoms with Crippen molar-refractivity contribution in [1.82, 2.24) is 15.1 Å². The van der Waals surface area contributed by atoms with E-state index in [1.807, 2.05) is 10.9 Å². The molecule has 0 saturated heterocycles. The number of hydrogen-bond acceptors (Lipinski definition) is 2. The van der Waals surface area contributed by atoms with E-state index in [1.165, 1.54) is 37.7 Å². The van der Waals surface area contributed by atoms with Crippen molar-refractivity contribution in [3.05, 3.63) is 18.0 Å². The molecule has 1 aromatic rings. The molecular formula is C15H27N3.